The van der Waals surface area contributed by atoms with Crippen LogP contribution >= 0.6 is 12.4 Å². The fraction of sp³-hybridized carbons (Fsp3) is 0.545. The second-order valence-corrected chi connectivity index (χ2v) is 4.50. The standard InChI is InChI=1S/C11H16N2O2.ClH/c1-11(2-3-11)7-13-10(14)8-4-9(5-12)15-6-8;/h4,6H,2-3,5,7,12H2,1H3,(H,13,14);1H. The van der Waals surface area contributed by atoms with Crippen molar-refractivity contribution in [3.8, 4) is 0 Å². The van der Waals surface area contributed by atoms with Gasteiger partial charge in [-0.2, -0.15) is 0 Å². The van der Waals surface area contributed by atoms with Crippen LogP contribution < -0.4 is 11.1 Å². The van der Waals surface area contributed by atoms with Gasteiger partial charge in [-0.25, -0.2) is 0 Å². The van der Waals surface area contributed by atoms with Crippen LogP contribution in [0.2, 0.25) is 0 Å². The molecule has 2 rings (SSSR count). The van der Waals surface area contributed by atoms with Gasteiger partial charge < -0.3 is 15.5 Å². The second kappa shape index (κ2) is 4.89. The number of rotatable bonds is 4. The Morgan fingerprint density at radius 1 is 1.62 bits per heavy atom. The lowest BCUT2D eigenvalue weighted by atomic mass is 10.1. The number of amides is 1. The Labute approximate surface area is 101 Å². The van der Waals surface area contributed by atoms with Crippen LogP contribution in [0.5, 0.6) is 0 Å². The minimum absolute atomic E-state index is 0. The fourth-order valence-electron chi connectivity index (χ4n) is 1.39. The van der Waals surface area contributed by atoms with Gasteiger partial charge in [0.05, 0.1) is 12.1 Å². The van der Waals surface area contributed by atoms with Gasteiger partial charge in [0, 0.05) is 6.54 Å². The lowest BCUT2D eigenvalue weighted by Gasteiger charge is -2.08. The van der Waals surface area contributed by atoms with Gasteiger partial charge in [0.2, 0.25) is 0 Å². The average molecular weight is 245 g/mol. The fourth-order valence-corrected chi connectivity index (χ4v) is 1.39. The lowest BCUT2D eigenvalue weighted by molar-refractivity contribution is 0.0945. The Morgan fingerprint density at radius 2 is 2.31 bits per heavy atom. The molecule has 5 heteroatoms. The van der Waals surface area contributed by atoms with E-state index < -0.39 is 0 Å². The first kappa shape index (κ1) is 13.1. The summed E-state index contributed by atoms with van der Waals surface area (Å²) in [6.07, 6.45) is 3.85. The van der Waals surface area contributed by atoms with E-state index in [1.54, 1.807) is 6.07 Å². The topological polar surface area (TPSA) is 68.3 Å². The van der Waals surface area contributed by atoms with Crippen LogP contribution in [0.15, 0.2) is 16.7 Å². The molecule has 3 N–H and O–H groups in total. The van der Waals surface area contributed by atoms with Crippen molar-refractivity contribution in [2.45, 2.75) is 26.3 Å². The molecule has 4 nitrogen and oxygen atoms in total. The summed E-state index contributed by atoms with van der Waals surface area (Å²) in [5.41, 5.74) is 6.28. The highest BCUT2D eigenvalue weighted by Crippen LogP contribution is 2.44. The molecule has 1 aliphatic carbocycles. The van der Waals surface area contributed by atoms with Gasteiger partial charge >= 0.3 is 0 Å². The molecule has 1 heterocycles. The van der Waals surface area contributed by atoms with Crippen molar-refractivity contribution >= 4 is 18.3 Å². The van der Waals surface area contributed by atoms with Gasteiger partial charge in [-0.05, 0) is 24.3 Å². The molecule has 16 heavy (non-hydrogen) atoms. The van der Waals surface area contributed by atoms with Crippen molar-refractivity contribution < 1.29 is 9.21 Å². The molecule has 1 amide bonds. The van der Waals surface area contributed by atoms with E-state index in [2.05, 4.69) is 12.2 Å². The maximum Gasteiger partial charge on any atom is 0.254 e. The smallest absolute Gasteiger partial charge is 0.254 e. The van der Waals surface area contributed by atoms with Crippen LogP contribution in [0.3, 0.4) is 0 Å². The average Bonchev–Trinajstić information content (AvgIpc) is 2.81. The van der Waals surface area contributed by atoms with E-state index in [1.165, 1.54) is 19.1 Å². The molecule has 0 bridgehead atoms. The molecule has 0 atom stereocenters. The monoisotopic (exact) mass is 244 g/mol. The number of carbonyl (C=O) groups excluding carboxylic acids is 1. The van der Waals surface area contributed by atoms with Crippen molar-refractivity contribution in [3.05, 3.63) is 23.7 Å². The van der Waals surface area contributed by atoms with Gasteiger partial charge in [0.1, 0.15) is 12.0 Å². The van der Waals surface area contributed by atoms with E-state index >= 15 is 0 Å². The summed E-state index contributed by atoms with van der Waals surface area (Å²) in [7, 11) is 0. The molecule has 90 valence electrons. The number of furan rings is 1. The van der Waals surface area contributed by atoms with E-state index in [0.29, 0.717) is 23.3 Å². The largest absolute Gasteiger partial charge is 0.467 e. The number of carbonyl (C=O) groups is 1. The SMILES string of the molecule is CC1(CNC(=O)c2coc(CN)c2)CC1.Cl. The summed E-state index contributed by atoms with van der Waals surface area (Å²) < 4.78 is 5.10. The first-order chi connectivity index (χ1) is 7.13. The first-order valence-corrected chi connectivity index (χ1v) is 5.19. The number of halogens is 1. The van der Waals surface area contributed by atoms with E-state index in [-0.39, 0.29) is 18.3 Å². The Balaban J connectivity index is 0.00000128. The van der Waals surface area contributed by atoms with Gasteiger partial charge in [0.15, 0.2) is 0 Å². The summed E-state index contributed by atoms with van der Waals surface area (Å²) >= 11 is 0. The molecule has 1 fully saturated rings. The van der Waals surface area contributed by atoms with E-state index in [1.807, 2.05) is 0 Å². The summed E-state index contributed by atoms with van der Waals surface area (Å²) in [5, 5.41) is 2.90. The molecule has 1 aromatic rings. The molecule has 1 saturated carbocycles. The van der Waals surface area contributed by atoms with Crippen LogP contribution in [0.1, 0.15) is 35.9 Å². The molecular formula is C11H17ClN2O2. The first-order valence-electron chi connectivity index (χ1n) is 5.19. The quantitative estimate of drug-likeness (QED) is 0.847. The van der Waals surface area contributed by atoms with Crippen molar-refractivity contribution in [2.24, 2.45) is 11.1 Å². The Hall–Kier alpha value is -1.00. The van der Waals surface area contributed by atoms with Crippen LogP contribution in [0, 0.1) is 5.41 Å². The highest BCUT2D eigenvalue weighted by atomic mass is 35.5. The zero-order valence-electron chi connectivity index (χ0n) is 9.29. The predicted molar refractivity (Wildman–Crippen MR) is 63.5 cm³/mol. The summed E-state index contributed by atoms with van der Waals surface area (Å²) in [5.74, 6) is 0.560. The summed E-state index contributed by atoms with van der Waals surface area (Å²) in [6, 6.07) is 1.69. The molecule has 0 radical (unpaired) electrons. The maximum atomic E-state index is 11.6. The van der Waals surface area contributed by atoms with E-state index in [0.717, 1.165) is 6.54 Å². The third-order valence-corrected chi connectivity index (χ3v) is 2.90. The molecule has 0 spiro atoms. The summed E-state index contributed by atoms with van der Waals surface area (Å²) in [6.45, 7) is 3.24. The lowest BCUT2D eigenvalue weighted by Crippen LogP contribution is -2.28. The number of hydrogen-bond acceptors (Lipinski definition) is 3. The summed E-state index contributed by atoms with van der Waals surface area (Å²) in [4.78, 5) is 11.6. The highest BCUT2D eigenvalue weighted by Gasteiger charge is 2.37. The van der Waals surface area contributed by atoms with Crippen LogP contribution in [-0.2, 0) is 6.54 Å². The van der Waals surface area contributed by atoms with Crippen LogP contribution in [0.4, 0.5) is 0 Å². The van der Waals surface area contributed by atoms with Crippen molar-refractivity contribution in [1.29, 1.82) is 0 Å². The number of nitrogens with one attached hydrogen (secondary N) is 1. The van der Waals surface area contributed by atoms with Gasteiger partial charge in [0.25, 0.3) is 5.91 Å². The molecule has 1 aromatic heterocycles. The van der Waals surface area contributed by atoms with Crippen molar-refractivity contribution in [2.75, 3.05) is 6.54 Å². The molecule has 0 saturated heterocycles. The third kappa shape index (κ3) is 3.00. The Kier molecular flexibility index (Phi) is 3.99. The number of nitrogens with two attached hydrogens (primary N) is 1. The normalized spacial score (nSPS) is 16.4. The van der Waals surface area contributed by atoms with Crippen LogP contribution in [-0.4, -0.2) is 12.5 Å². The molecule has 0 unspecified atom stereocenters. The Bertz CT molecular complexity index is 372. The van der Waals surface area contributed by atoms with E-state index in [4.69, 9.17) is 10.2 Å². The zero-order chi connectivity index (χ0) is 10.9. The predicted octanol–water partition coefficient (Wildman–Crippen LogP) is 1.69. The molecular weight excluding hydrogens is 228 g/mol. The minimum atomic E-state index is -0.0772. The van der Waals surface area contributed by atoms with Crippen molar-refractivity contribution in [1.82, 2.24) is 5.32 Å². The molecule has 1 aliphatic rings. The van der Waals surface area contributed by atoms with Gasteiger partial charge in [-0.1, -0.05) is 6.92 Å². The highest BCUT2D eigenvalue weighted by molar-refractivity contribution is 5.94. The second-order valence-electron chi connectivity index (χ2n) is 4.50. The Morgan fingerprint density at radius 3 is 2.81 bits per heavy atom. The van der Waals surface area contributed by atoms with Gasteiger partial charge in [-0.3, -0.25) is 4.79 Å². The number of hydrogen-bond donors (Lipinski definition) is 2. The molecule has 0 aliphatic heterocycles. The minimum Gasteiger partial charge on any atom is -0.467 e. The van der Waals surface area contributed by atoms with Crippen LogP contribution in [0.25, 0.3) is 0 Å². The zero-order valence-corrected chi connectivity index (χ0v) is 10.1. The van der Waals surface area contributed by atoms with Crippen molar-refractivity contribution in [3.63, 3.8) is 0 Å². The maximum absolute atomic E-state index is 11.6. The molecule has 0 aromatic carbocycles. The van der Waals surface area contributed by atoms with E-state index in [9.17, 15) is 4.79 Å². The third-order valence-electron chi connectivity index (χ3n) is 2.90. The van der Waals surface area contributed by atoms with Gasteiger partial charge in [-0.15, -0.1) is 12.4 Å².